The van der Waals surface area contributed by atoms with E-state index in [4.69, 9.17) is 9.15 Å². The summed E-state index contributed by atoms with van der Waals surface area (Å²) in [6, 6.07) is 13.1. The standard InChI is InChI=1S/C16H14O3/c1-2-18-16(17)12-15-11-10-14(19-15)9-8-13-6-4-3-5-7-13/h3-7,10-11H,2,12H2,1H3. The molecular weight excluding hydrogens is 240 g/mol. The Morgan fingerprint density at radius 3 is 2.68 bits per heavy atom. The number of esters is 1. The monoisotopic (exact) mass is 254 g/mol. The summed E-state index contributed by atoms with van der Waals surface area (Å²) in [5.74, 6) is 6.73. The van der Waals surface area contributed by atoms with E-state index in [9.17, 15) is 4.79 Å². The van der Waals surface area contributed by atoms with E-state index in [1.165, 1.54) is 0 Å². The van der Waals surface area contributed by atoms with Crippen LogP contribution in [0.4, 0.5) is 0 Å². The Morgan fingerprint density at radius 2 is 1.95 bits per heavy atom. The molecule has 0 amide bonds. The summed E-state index contributed by atoms with van der Waals surface area (Å²) in [5, 5.41) is 0. The molecule has 2 rings (SSSR count). The molecule has 0 atom stereocenters. The second-order valence-corrected chi connectivity index (χ2v) is 3.86. The number of furan rings is 1. The molecule has 1 heterocycles. The fourth-order valence-corrected chi connectivity index (χ4v) is 1.55. The van der Waals surface area contributed by atoms with Crippen LogP contribution in [0.2, 0.25) is 0 Å². The fourth-order valence-electron chi connectivity index (χ4n) is 1.55. The molecule has 0 unspecified atom stereocenters. The van der Waals surface area contributed by atoms with Crippen LogP contribution in [0.3, 0.4) is 0 Å². The lowest BCUT2D eigenvalue weighted by Crippen LogP contribution is -2.06. The molecule has 0 saturated carbocycles. The van der Waals surface area contributed by atoms with Crippen LogP contribution in [0.1, 0.15) is 24.0 Å². The Hall–Kier alpha value is -2.47. The largest absolute Gasteiger partial charge is 0.466 e. The van der Waals surface area contributed by atoms with E-state index < -0.39 is 0 Å². The molecule has 0 spiro atoms. The van der Waals surface area contributed by atoms with E-state index in [0.29, 0.717) is 18.1 Å². The molecule has 1 aromatic heterocycles. The van der Waals surface area contributed by atoms with Crippen LogP contribution in [-0.2, 0) is 16.0 Å². The molecule has 3 nitrogen and oxygen atoms in total. The Balaban J connectivity index is 2.02. The van der Waals surface area contributed by atoms with Crippen molar-refractivity contribution in [3.63, 3.8) is 0 Å². The zero-order valence-corrected chi connectivity index (χ0v) is 10.7. The minimum Gasteiger partial charge on any atom is -0.466 e. The van der Waals surface area contributed by atoms with Gasteiger partial charge in [0.25, 0.3) is 0 Å². The van der Waals surface area contributed by atoms with E-state index in [2.05, 4.69) is 11.8 Å². The van der Waals surface area contributed by atoms with Crippen LogP contribution in [0.5, 0.6) is 0 Å². The van der Waals surface area contributed by atoms with Crippen LogP contribution in [0.25, 0.3) is 0 Å². The van der Waals surface area contributed by atoms with Crippen molar-refractivity contribution in [2.24, 2.45) is 0 Å². The molecule has 1 aromatic carbocycles. The van der Waals surface area contributed by atoms with Crippen LogP contribution in [-0.4, -0.2) is 12.6 Å². The number of hydrogen-bond acceptors (Lipinski definition) is 3. The molecule has 0 aliphatic carbocycles. The molecule has 0 aliphatic rings. The predicted octanol–water partition coefficient (Wildman–Crippen LogP) is 2.79. The smallest absolute Gasteiger partial charge is 0.313 e. The van der Waals surface area contributed by atoms with Gasteiger partial charge in [-0.2, -0.15) is 0 Å². The average molecular weight is 254 g/mol. The van der Waals surface area contributed by atoms with E-state index in [1.807, 2.05) is 30.3 Å². The summed E-state index contributed by atoms with van der Waals surface area (Å²) in [7, 11) is 0. The zero-order valence-electron chi connectivity index (χ0n) is 10.7. The van der Waals surface area contributed by atoms with Gasteiger partial charge in [-0.15, -0.1) is 0 Å². The summed E-state index contributed by atoms with van der Waals surface area (Å²) in [6.07, 6.45) is 0.140. The first-order valence-corrected chi connectivity index (χ1v) is 6.09. The van der Waals surface area contributed by atoms with Crippen molar-refractivity contribution in [3.8, 4) is 11.8 Å². The van der Waals surface area contributed by atoms with Crippen molar-refractivity contribution in [1.29, 1.82) is 0 Å². The van der Waals surface area contributed by atoms with Gasteiger partial charge in [-0.05, 0) is 37.1 Å². The lowest BCUT2D eigenvalue weighted by atomic mass is 10.2. The van der Waals surface area contributed by atoms with E-state index in [0.717, 1.165) is 5.56 Å². The Kier molecular flexibility index (Phi) is 4.41. The van der Waals surface area contributed by atoms with Crippen LogP contribution < -0.4 is 0 Å². The van der Waals surface area contributed by atoms with Gasteiger partial charge in [0.1, 0.15) is 12.2 Å². The highest BCUT2D eigenvalue weighted by Crippen LogP contribution is 2.08. The van der Waals surface area contributed by atoms with Gasteiger partial charge in [-0.25, -0.2) is 0 Å². The third-order valence-corrected chi connectivity index (χ3v) is 2.39. The third-order valence-electron chi connectivity index (χ3n) is 2.39. The molecule has 0 radical (unpaired) electrons. The minimum absolute atomic E-state index is 0.140. The minimum atomic E-state index is -0.292. The third kappa shape index (κ3) is 4.04. The van der Waals surface area contributed by atoms with Crippen LogP contribution in [0, 0.1) is 11.8 Å². The summed E-state index contributed by atoms with van der Waals surface area (Å²) >= 11 is 0. The molecule has 0 bridgehead atoms. The van der Waals surface area contributed by atoms with Gasteiger partial charge in [-0.1, -0.05) is 24.1 Å². The van der Waals surface area contributed by atoms with Gasteiger partial charge in [0, 0.05) is 5.56 Å². The normalized spacial score (nSPS) is 9.53. The SMILES string of the molecule is CCOC(=O)Cc1ccc(C#Cc2ccccc2)o1. The summed E-state index contributed by atoms with van der Waals surface area (Å²) in [5.41, 5.74) is 0.922. The highest BCUT2D eigenvalue weighted by Gasteiger charge is 2.07. The predicted molar refractivity (Wildman–Crippen MR) is 71.5 cm³/mol. The van der Waals surface area contributed by atoms with Gasteiger partial charge in [-0.3, -0.25) is 4.79 Å². The van der Waals surface area contributed by atoms with Gasteiger partial charge < -0.3 is 9.15 Å². The Labute approximate surface area is 112 Å². The molecular formula is C16H14O3. The lowest BCUT2D eigenvalue weighted by Gasteiger charge is -1.97. The van der Waals surface area contributed by atoms with Gasteiger partial charge in [0.15, 0.2) is 5.76 Å². The van der Waals surface area contributed by atoms with Crippen molar-refractivity contribution < 1.29 is 13.9 Å². The van der Waals surface area contributed by atoms with Gasteiger partial charge in [0.2, 0.25) is 0 Å². The van der Waals surface area contributed by atoms with Crippen molar-refractivity contribution in [1.82, 2.24) is 0 Å². The van der Waals surface area contributed by atoms with Gasteiger partial charge in [0.05, 0.1) is 6.61 Å². The second kappa shape index (κ2) is 6.46. The maximum Gasteiger partial charge on any atom is 0.313 e. The summed E-state index contributed by atoms with van der Waals surface area (Å²) in [4.78, 5) is 11.3. The molecule has 0 fully saturated rings. The van der Waals surface area contributed by atoms with Crippen molar-refractivity contribution in [3.05, 3.63) is 59.5 Å². The summed E-state index contributed by atoms with van der Waals surface area (Å²) in [6.45, 7) is 2.15. The van der Waals surface area contributed by atoms with E-state index >= 15 is 0 Å². The molecule has 0 saturated heterocycles. The number of rotatable bonds is 3. The maximum atomic E-state index is 11.3. The average Bonchev–Trinajstić information content (AvgIpc) is 2.85. The summed E-state index contributed by atoms with van der Waals surface area (Å²) < 4.78 is 10.3. The molecule has 2 aromatic rings. The zero-order chi connectivity index (χ0) is 13.5. The topological polar surface area (TPSA) is 39.4 Å². The molecule has 3 heteroatoms. The lowest BCUT2D eigenvalue weighted by molar-refractivity contribution is -0.142. The maximum absolute atomic E-state index is 11.3. The van der Waals surface area contributed by atoms with E-state index in [1.54, 1.807) is 19.1 Å². The van der Waals surface area contributed by atoms with E-state index in [-0.39, 0.29) is 12.4 Å². The highest BCUT2D eigenvalue weighted by atomic mass is 16.5. The first kappa shape index (κ1) is 13.0. The molecule has 19 heavy (non-hydrogen) atoms. The number of carbonyl (C=O) groups is 1. The number of carbonyl (C=O) groups excluding carboxylic acids is 1. The molecule has 0 N–H and O–H groups in total. The van der Waals surface area contributed by atoms with Crippen molar-refractivity contribution >= 4 is 5.97 Å². The van der Waals surface area contributed by atoms with Crippen molar-refractivity contribution in [2.45, 2.75) is 13.3 Å². The van der Waals surface area contributed by atoms with Crippen LogP contribution in [0.15, 0.2) is 46.9 Å². The second-order valence-electron chi connectivity index (χ2n) is 3.86. The van der Waals surface area contributed by atoms with Crippen LogP contribution >= 0.6 is 0 Å². The number of benzene rings is 1. The quantitative estimate of drug-likeness (QED) is 0.624. The molecule has 96 valence electrons. The Morgan fingerprint density at radius 1 is 1.16 bits per heavy atom. The fraction of sp³-hybridized carbons (Fsp3) is 0.188. The van der Waals surface area contributed by atoms with Crippen molar-refractivity contribution in [2.75, 3.05) is 6.61 Å². The highest BCUT2D eigenvalue weighted by molar-refractivity contribution is 5.71. The molecule has 0 aliphatic heterocycles. The Bertz CT molecular complexity index is 600. The number of hydrogen-bond donors (Lipinski definition) is 0. The van der Waals surface area contributed by atoms with Gasteiger partial charge >= 0.3 is 5.97 Å². The first-order valence-electron chi connectivity index (χ1n) is 6.09. The number of ether oxygens (including phenoxy) is 1. The first-order chi connectivity index (χ1) is 9.28.